The second kappa shape index (κ2) is 6.08. The number of carbonyl (C=O) groups is 1. The highest BCUT2D eigenvalue weighted by atomic mass is 19.4. The van der Waals surface area contributed by atoms with Gasteiger partial charge in [0.1, 0.15) is 6.54 Å². The maximum Gasteiger partial charge on any atom is 0.405 e. The van der Waals surface area contributed by atoms with Crippen molar-refractivity contribution in [2.45, 2.75) is 45.3 Å². The first-order valence-electron chi connectivity index (χ1n) is 5.31. The molecular formula is C10H19F3N2O. The predicted octanol–water partition coefficient (Wildman–Crippen LogP) is 1.83. The first-order chi connectivity index (χ1) is 7.22. The van der Waals surface area contributed by atoms with Crippen LogP contribution in [-0.4, -0.2) is 30.7 Å². The summed E-state index contributed by atoms with van der Waals surface area (Å²) in [4.78, 5) is 11.1. The first kappa shape index (κ1) is 15.2. The van der Waals surface area contributed by atoms with E-state index in [0.717, 1.165) is 12.8 Å². The van der Waals surface area contributed by atoms with E-state index >= 15 is 0 Å². The zero-order valence-corrected chi connectivity index (χ0v) is 9.87. The zero-order chi connectivity index (χ0) is 12.8. The lowest BCUT2D eigenvalue weighted by Crippen LogP contribution is -2.47. The highest BCUT2D eigenvalue weighted by molar-refractivity contribution is 5.78. The molecule has 0 atom stereocenters. The Morgan fingerprint density at radius 1 is 1.19 bits per heavy atom. The number of halogens is 3. The standard InChI is InChI=1S/C10H19F3N2O/c1-4-9(3,5-2)15-6-8(16)14-7-10(11,12)13/h15H,4-7H2,1-3H3,(H,14,16). The van der Waals surface area contributed by atoms with E-state index in [1.54, 1.807) is 0 Å². The smallest absolute Gasteiger partial charge is 0.346 e. The van der Waals surface area contributed by atoms with Crippen molar-refractivity contribution in [1.82, 2.24) is 10.6 Å². The van der Waals surface area contributed by atoms with Crippen LogP contribution in [0.3, 0.4) is 0 Å². The summed E-state index contributed by atoms with van der Waals surface area (Å²) < 4.78 is 35.4. The molecular weight excluding hydrogens is 221 g/mol. The van der Waals surface area contributed by atoms with Crippen molar-refractivity contribution in [2.24, 2.45) is 0 Å². The molecule has 0 aliphatic heterocycles. The van der Waals surface area contributed by atoms with E-state index < -0.39 is 18.6 Å². The molecule has 0 aromatic rings. The van der Waals surface area contributed by atoms with Crippen LogP contribution in [0.4, 0.5) is 13.2 Å². The van der Waals surface area contributed by atoms with Gasteiger partial charge < -0.3 is 10.6 Å². The summed E-state index contributed by atoms with van der Waals surface area (Å²) in [7, 11) is 0. The van der Waals surface area contributed by atoms with Crippen LogP contribution in [0.2, 0.25) is 0 Å². The number of nitrogens with one attached hydrogen (secondary N) is 2. The van der Waals surface area contributed by atoms with Crippen molar-refractivity contribution in [3.05, 3.63) is 0 Å². The maximum absolute atomic E-state index is 11.8. The topological polar surface area (TPSA) is 41.1 Å². The van der Waals surface area contributed by atoms with E-state index in [1.165, 1.54) is 0 Å². The van der Waals surface area contributed by atoms with Gasteiger partial charge in [0, 0.05) is 5.54 Å². The molecule has 16 heavy (non-hydrogen) atoms. The number of alkyl halides is 3. The van der Waals surface area contributed by atoms with Crippen molar-refractivity contribution < 1.29 is 18.0 Å². The van der Waals surface area contributed by atoms with Gasteiger partial charge in [-0.3, -0.25) is 4.79 Å². The molecule has 0 aromatic carbocycles. The third-order valence-electron chi connectivity index (χ3n) is 2.72. The van der Waals surface area contributed by atoms with Crippen LogP contribution in [0.25, 0.3) is 0 Å². The van der Waals surface area contributed by atoms with Crippen LogP contribution in [0, 0.1) is 0 Å². The van der Waals surface area contributed by atoms with Gasteiger partial charge in [-0.05, 0) is 19.8 Å². The molecule has 0 aliphatic rings. The monoisotopic (exact) mass is 240 g/mol. The van der Waals surface area contributed by atoms with Gasteiger partial charge in [-0.25, -0.2) is 0 Å². The van der Waals surface area contributed by atoms with Crippen LogP contribution >= 0.6 is 0 Å². The highest BCUT2D eigenvalue weighted by Crippen LogP contribution is 2.13. The van der Waals surface area contributed by atoms with Gasteiger partial charge in [0.25, 0.3) is 0 Å². The van der Waals surface area contributed by atoms with Gasteiger partial charge in [0.2, 0.25) is 5.91 Å². The van der Waals surface area contributed by atoms with Crippen molar-refractivity contribution in [1.29, 1.82) is 0 Å². The van der Waals surface area contributed by atoms with Gasteiger partial charge >= 0.3 is 6.18 Å². The average Bonchev–Trinajstić information content (AvgIpc) is 2.22. The Labute approximate surface area is 93.8 Å². The second-order valence-corrected chi connectivity index (χ2v) is 4.01. The molecule has 0 radical (unpaired) electrons. The summed E-state index contributed by atoms with van der Waals surface area (Å²) in [5, 5.41) is 4.77. The number of carbonyl (C=O) groups excluding carboxylic acids is 1. The number of amides is 1. The Balaban J connectivity index is 3.90. The quantitative estimate of drug-likeness (QED) is 0.743. The van der Waals surface area contributed by atoms with E-state index in [4.69, 9.17) is 0 Å². The minimum absolute atomic E-state index is 0.0890. The molecule has 0 spiro atoms. The molecule has 0 aliphatic carbocycles. The Kier molecular flexibility index (Phi) is 5.78. The molecule has 0 saturated carbocycles. The molecule has 0 rings (SSSR count). The molecule has 2 N–H and O–H groups in total. The minimum Gasteiger partial charge on any atom is -0.346 e. The van der Waals surface area contributed by atoms with Gasteiger partial charge in [0.05, 0.1) is 6.54 Å². The van der Waals surface area contributed by atoms with Crippen molar-refractivity contribution in [2.75, 3.05) is 13.1 Å². The third kappa shape index (κ3) is 6.66. The molecule has 0 saturated heterocycles. The van der Waals surface area contributed by atoms with Crippen LogP contribution in [0.15, 0.2) is 0 Å². The predicted molar refractivity (Wildman–Crippen MR) is 56.1 cm³/mol. The van der Waals surface area contributed by atoms with E-state index in [1.807, 2.05) is 26.1 Å². The maximum atomic E-state index is 11.8. The Bertz CT molecular complexity index is 225. The Morgan fingerprint density at radius 2 is 1.69 bits per heavy atom. The van der Waals surface area contributed by atoms with Crippen LogP contribution in [0.5, 0.6) is 0 Å². The minimum atomic E-state index is -4.35. The molecule has 0 bridgehead atoms. The average molecular weight is 240 g/mol. The number of hydrogen-bond donors (Lipinski definition) is 2. The third-order valence-corrected chi connectivity index (χ3v) is 2.72. The first-order valence-corrected chi connectivity index (χ1v) is 5.31. The summed E-state index contributed by atoms with van der Waals surface area (Å²) in [6.07, 6.45) is -2.72. The molecule has 0 unspecified atom stereocenters. The van der Waals surface area contributed by atoms with Crippen molar-refractivity contribution in [3.8, 4) is 0 Å². The van der Waals surface area contributed by atoms with Gasteiger partial charge in [-0.2, -0.15) is 13.2 Å². The number of hydrogen-bond acceptors (Lipinski definition) is 2. The van der Waals surface area contributed by atoms with Crippen LogP contribution in [-0.2, 0) is 4.79 Å². The van der Waals surface area contributed by atoms with Crippen LogP contribution < -0.4 is 10.6 Å². The summed E-state index contributed by atoms with van der Waals surface area (Å²) in [5.41, 5.74) is -0.199. The normalized spacial score (nSPS) is 12.6. The molecule has 3 nitrogen and oxygen atoms in total. The van der Waals surface area contributed by atoms with E-state index in [0.29, 0.717) is 0 Å². The largest absolute Gasteiger partial charge is 0.405 e. The fourth-order valence-corrected chi connectivity index (χ4v) is 1.05. The molecule has 0 fully saturated rings. The Hall–Kier alpha value is -0.780. The van der Waals surface area contributed by atoms with E-state index in [2.05, 4.69) is 5.32 Å². The molecule has 0 aromatic heterocycles. The van der Waals surface area contributed by atoms with E-state index in [-0.39, 0.29) is 12.1 Å². The van der Waals surface area contributed by atoms with Crippen LogP contribution in [0.1, 0.15) is 33.6 Å². The van der Waals surface area contributed by atoms with Gasteiger partial charge in [-0.1, -0.05) is 13.8 Å². The van der Waals surface area contributed by atoms with E-state index in [9.17, 15) is 18.0 Å². The lowest BCUT2D eigenvalue weighted by Gasteiger charge is -2.28. The molecule has 0 heterocycles. The summed E-state index contributed by atoms with van der Waals surface area (Å²) in [5.74, 6) is -0.634. The fraction of sp³-hybridized carbons (Fsp3) is 0.900. The molecule has 1 amide bonds. The van der Waals surface area contributed by atoms with Crippen molar-refractivity contribution >= 4 is 5.91 Å². The Morgan fingerprint density at radius 3 is 2.06 bits per heavy atom. The lowest BCUT2D eigenvalue weighted by molar-refractivity contribution is -0.138. The molecule has 96 valence electrons. The van der Waals surface area contributed by atoms with Gasteiger partial charge in [0.15, 0.2) is 0 Å². The summed E-state index contributed by atoms with van der Waals surface area (Å²) >= 11 is 0. The summed E-state index contributed by atoms with van der Waals surface area (Å²) in [6, 6.07) is 0. The summed E-state index contributed by atoms with van der Waals surface area (Å²) in [6.45, 7) is 4.50. The highest BCUT2D eigenvalue weighted by Gasteiger charge is 2.28. The fourth-order valence-electron chi connectivity index (χ4n) is 1.05. The number of rotatable bonds is 6. The second-order valence-electron chi connectivity index (χ2n) is 4.01. The zero-order valence-electron chi connectivity index (χ0n) is 9.87. The molecule has 6 heteroatoms. The van der Waals surface area contributed by atoms with Gasteiger partial charge in [-0.15, -0.1) is 0 Å². The van der Waals surface area contributed by atoms with Crippen molar-refractivity contribution in [3.63, 3.8) is 0 Å². The SMILES string of the molecule is CCC(C)(CC)NCC(=O)NCC(F)(F)F. The lowest BCUT2D eigenvalue weighted by atomic mass is 9.96.